The summed E-state index contributed by atoms with van der Waals surface area (Å²) >= 11 is 6.86. The molecule has 0 saturated carbocycles. The zero-order valence-corrected chi connectivity index (χ0v) is 28.4. The molecule has 0 radical (unpaired) electrons. The minimum Gasteiger partial charge on any atom is -0.493 e. The van der Waals surface area contributed by atoms with Crippen LogP contribution < -0.4 is 4.74 Å². The molecule has 5 aromatic rings. The minimum atomic E-state index is -1.31. The van der Waals surface area contributed by atoms with E-state index < -0.39 is 24.1 Å². The molecule has 0 aliphatic carbocycles. The van der Waals surface area contributed by atoms with Gasteiger partial charge in [-0.25, -0.2) is 0 Å². The Kier molecular flexibility index (Phi) is 10.7. The van der Waals surface area contributed by atoms with Crippen molar-refractivity contribution in [2.45, 2.75) is 56.8 Å². The summed E-state index contributed by atoms with van der Waals surface area (Å²) in [6.45, 7) is 2.05. The van der Waals surface area contributed by atoms with Gasteiger partial charge in [0.05, 0.1) is 33.0 Å². The topological polar surface area (TPSA) is 55.4 Å². The first-order valence-electron chi connectivity index (χ1n) is 16.8. The monoisotopic (exact) mass is 676 g/mol. The molecule has 0 N–H and O–H groups in total. The number of ether oxygens (including phenoxy) is 6. The standard InChI is InChI=1S/C42H41ClO6/c1-44-42(36-18-19-37(43)35(25-36)24-33-17-20-38-34(23-33)21-22-45-38)41(48-28-32-15-9-4-10-16-32)40(47-27-31-13-7-3-8-14-31)39(29-49-42)46-26-30-11-5-2-6-12-30/h2-20,23,25,39-41H,21-22,24,26-29H2,1H3. The van der Waals surface area contributed by atoms with E-state index in [1.807, 2.05) is 84.9 Å². The molecule has 7 rings (SSSR count). The van der Waals surface area contributed by atoms with Crippen LogP contribution in [0.4, 0.5) is 0 Å². The lowest BCUT2D eigenvalue weighted by atomic mass is 9.88. The second-order valence-corrected chi connectivity index (χ2v) is 12.9. The summed E-state index contributed by atoms with van der Waals surface area (Å²) in [5.41, 5.74) is 7.29. The van der Waals surface area contributed by atoms with Crippen LogP contribution in [0.5, 0.6) is 5.75 Å². The van der Waals surface area contributed by atoms with E-state index in [1.54, 1.807) is 7.11 Å². The van der Waals surface area contributed by atoms with Crippen LogP contribution in [-0.4, -0.2) is 38.6 Å². The van der Waals surface area contributed by atoms with Gasteiger partial charge in [0.2, 0.25) is 5.79 Å². The Labute approximate surface area is 293 Å². The van der Waals surface area contributed by atoms with Gasteiger partial charge in [-0.1, -0.05) is 121 Å². The summed E-state index contributed by atoms with van der Waals surface area (Å²) in [6.07, 6.45) is -0.130. The van der Waals surface area contributed by atoms with Gasteiger partial charge in [0.1, 0.15) is 24.1 Å². The molecule has 2 aliphatic heterocycles. The van der Waals surface area contributed by atoms with Crippen molar-refractivity contribution in [2.75, 3.05) is 20.3 Å². The third kappa shape index (κ3) is 7.76. The lowest BCUT2D eigenvalue weighted by Crippen LogP contribution is -2.62. The fourth-order valence-corrected chi connectivity index (χ4v) is 6.86. The number of hydrogen-bond donors (Lipinski definition) is 0. The van der Waals surface area contributed by atoms with Gasteiger partial charge in [-0.15, -0.1) is 0 Å². The van der Waals surface area contributed by atoms with Gasteiger partial charge in [-0.3, -0.25) is 0 Å². The predicted molar refractivity (Wildman–Crippen MR) is 190 cm³/mol. The molecule has 5 aromatic carbocycles. The fourth-order valence-electron chi connectivity index (χ4n) is 6.68. The van der Waals surface area contributed by atoms with E-state index in [9.17, 15) is 0 Å². The average molecular weight is 677 g/mol. The normalized spacial score (nSPS) is 21.6. The summed E-state index contributed by atoms with van der Waals surface area (Å²) in [5, 5.41) is 0.672. The molecule has 4 unspecified atom stereocenters. The lowest BCUT2D eigenvalue weighted by Gasteiger charge is -2.49. The molecule has 252 valence electrons. The Balaban J connectivity index is 1.24. The molecule has 2 heterocycles. The van der Waals surface area contributed by atoms with Crippen molar-refractivity contribution in [2.24, 2.45) is 0 Å². The summed E-state index contributed by atoms with van der Waals surface area (Å²) in [4.78, 5) is 0. The van der Waals surface area contributed by atoms with Crippen LogP contribution in [0.2, 0.25) is 5.02 Å². The highest BCUT2D eigenvalue weighted by Crippen LogP contribution is 2.42. The van der Waals surface area contributed by atoms with E-state index in [2.05, 4.69) is 42.5 Å². The van der Waals surface area contributed by atoms with Crippen LogP contribution in [-0.2, 0) is 62.1 Å². The number of rotatable bonds is 13. The van der Waals surface area contributed by atoms with Crippen molar-refractivity contribution in [1.29, 1.82) is 0 Å². The first-order chi connectivity index (χ1) is 24.1. The molecule has 0 aromatic heterocycles. The van der Waals surface area contributed by atoms with Gasteiger partial charge in [-0.05, 0) is 58.0 Å². The molecule has 0 spiro atoms. The Bertz CT molecular complexity index is 1800. The summed E-state index contributed by atoms with van der Waals surface area (Å²) < 4.78 is 39.1. The van der Waals surface area contributed by atoms with Gasteiger partial charge in [0.25, 0.3) is 0 Å². The van der Waals surface area contributed by atoms with E-state index >= 15 is 0 Å². The van der Waals surface area contributed by atoms with E-state index in [-0.39, 0.29) is 6.61 Å². The molecule has 1 saturated heterocycles. The zero-order chi connectivity index (χ0) is 33.5. The largest absolute Gasteiger partial charge is 0.493 e. The first kappa shape index (κ1) is 33.5. The molecule has 1 fully saturated rings. The Morgan fingerprint density at radius 3 is 1.98 bits per heavy atom. The molecular formula is C42H41ClO6. The summed E-state index contributed by atoms with van der Waals surface area (Å²) in [5.74, 6) is -0.352. The Morgan fingerprint density at radius 2 is 1.33 bits per heavy atom. The van der Waals surface area contributed by atoms with Crippen LogP contribution >= 0.6 is 11.6 Å². The van der Waals surface area contributed by atoms with Crippen molar-refractivity contribution < 1.29 is 28.4 Å². The Morgan fingerprint density at radius 1 is 0.694 bits per heavy atom. The highest BCUT2D eigenvalue weighted by molar-refractivity contribution is 6.31. The van der Waals surface area contributed by atoms with Crippen LogP contribution in [0, 0.1) is 0 Å². The number of hydrogen-bond acceptors (Lipinski definition) is 6. The minimum absolute atomic E-state index is 0.230. The van der Waals surface area contributed by atoms with Crippen LogP contribution in [0.1, 0.15) is 38.9 Å². The molecule has 4 atom stereocenters. The van der Waals surface area contributed by atoms with Crippen molar-refractivity contribution in [3.05, 3.63) is 171 Å². The van der Waals surface area contributed by atoms with Gasteiger partial charge >= 0.3 is 0 Å². The molecule has 7 heteroatoms. The van der Waals surface area contributed by atoms with Crippen molar-refractivity contribution >= 4 is 11.6 Å². The predicted octanol–water partition coefficient (Wildman–Crippen LogP) is 8.45. The highest BCUT2D eigenvalue weighted by atomic mass is 35.5. The van der Waals surface area contributed by atoms with Gasteiger partial charge in [0, 0.05) is 24.1 Å². The number of fused-ring (bicyclic) bond motifs is 1. The number of benzene rings is 5. The third-order valence-corrected chi connectivity index (χ3v) is 9.63. The number of methoxy groups -OCH3 is 1. The van der Waals surface area contributed by atoms with E-state index in [0.29, 0.717) is 31.3 Å². The second-order valence-electron chi connectivity index (χ2n) is 12.5. The third-order valence-electron chi connectivity index (χ3n) is 9.27. The maximum absolute atomic E-state index is 6.86. The number of halogens is 1. The van der Waals surface area contributed by atoms with Crippen LogP contribution in [0.3, 0.4) is 0 Å². The maximum Gasteiger partial charge on any atom is 0.224 e. The quantitative estimate of drug-likeness (QED) is 0.125. The van der Waals surface area contributed by atoms with Crippen LogP contribution in [0.15, 0.2) is 127 Å². The summed E-state index contributed by atoms with van der Waals surface area (Å²) in [7, 11) is 1.66. The van der Waals surface area contributed by atoms with Crippen molar-refractivity contribution in [3.63, 3.8) is 0 Å². The molecule has 0 amide bonds. The SMILES string of the molecule is COC1(c2ccc(Cl)c(Cc3ccc4c(c3)CCO4)c2)OCC(OCc2ccccc2)C(OCc2ccccc2)C1OCc1ccccc1. The maximum atomic E-state index is 6.86. The van der Waals surface area contributed by atoms with Gasteiger partial charge < -0.3 is 28.4 Å². The van der Waals surface area contributed by atoms with Crippen molar-refractivity contribution in [1.82, 2.24) is 0 Å². The van der Waals surface area contributed by atoms with Gasteiger partial charge in [0.15, 0.2) is 0 Å². The molecule has 2 aliphatic rings. The lowest BCUT2D eigenvalue weighted by molar-refractivity contribution is -0.360. The first-order valence-corrected chi connectivity index (χ1v) is 17.2. The molecular weight excluding hydrogens is 636 g/mol. The smallest absolute Gasteiger partial charge is 0.224 e. The molecule has 0 bridgehead atoms. The zero-order valence-electron chi connectivity index (χ0n) is 27.6. The second kappa shape index (κ2) is 15.7. The highest BCUT2D eigenvalue weighted by Gasteiger charge is 2.55. The average Bonchev–Trinajstić information content (AvgIpc) is 3.63. The van der Waals surface area contributed by atoms with Crippen molar-refractivity contribution in [3.8, 4) is 5.75 Å². The fraction of sp³-hybridized carbons (Fsp3) is 0.286. The van der Waals surface area contributed by atoms with E-state index in [4.69, 9.17) is 40.0 Å². The van der Waals surface area contributed by atoms with Crippen LogP contribution in [0.25, 0.3) is 0 Å². The Hall–Kier alpha value is -4.01. The van der Waals surface area contributed by atoms with E-state index in [1.165, 1.54) is 5.56 Å². The van der Waals surface area contributed by atoms with Gasteiger partial charge in [-0.2, -0.15) is 0 Å². The molecule has 6 nitrogen and oxygen atoms in total. The van der Waals surface area contributed by atoms with E-state index in [0.717, 1.165) is 52.2 Å². The molecule has 49 heavy (non-hydrogen) atoms. The summed E-state index contributed by atoms with van der Waals surface area (Å²) in [6, 6.07) is 42.7.